The van der Waals surface area contributed by atoms with E-state index in [1.165, 1.54) is 14.7 Å². The van der Waals surface area contributed by atoms with Crippen LogP contribution in [0.25, 0.3) is 0 Å². The van der Waals surface area contributed by atoms with Gasteiger partial charge in [-0.1, -0.05) is 22.0 Å². The van der Waals surface area contributed by atoms with E-state index in [2.05, 4.69) is 43.5 Å². The molecule has 0 aromatic rings. The molecule has 1 atom stereocenters. The molecule has 2 aliphatic rings. The molecule has 0 aromatic heterocycles. The molecular weight excluding hydrogens is 633 g/mol. The zero-order valence-electron chi connectivity index (χ0n) is 21.6. The van der Waals surface area contributed by atoms with Gasteiger partial charge in [-0.2, -0.15) is 0 Å². The van der Waals surface area contributed by atoms with Gasteiger partial charge in [-0.25, -0.2) is 19.3 Å². The Morgan fingerprint density at radius 2 is 1.66 bits per heavy atom. The van der Waals surface area contributed by atoms with Gasteiger partial charge in [0.1, 0.15) is 11.2 Å². The topological polar surface area (TPSA) is 95.0 Å². The Kier molecular flexibility index (Phi) is 9.65. The molecule has 10 nitrogen and oxygen atoms in total. The van der Waals surface area contributed by atoms with Crippen LogP contribution in [0, 0.1) is 0 Å². The number of carbonyl (C=O) groups excluding carboxylic acids is 3. The Balaban J connectivity index is 2.55. The summed E-state index contributed by atoms with van der Waals surface area (Å²) in [6.07, 6.45) is 3.28. The number of hydrogen-bond donors (Lipinski definition) is 0. The average molecular weight is 668 g/mol. The zero-order valence-corrected chi connectivity index (χ0v) is 25.3. The Morgan fingerprint density at radius 1 is 1.11 bits per heavy atom. The third-order valence-corrected chi connectivity index (χ3v) is 7.48. The van der Waals surface area contributed by atoms with Gasteiger partial charge in [0.25, 0.3) is 0 Å². The van der Waals surface area contributed by atoms with Crippen molar-refractivity contribution in [2.24, 2.45) is 4.99 Å². The van der Waals surface area contributed by atoms with Crippen LogP contribution >= 0.6 is 38.5 Å². The molecule has 1 fully saturated rings. The minimum atomic E-state index is -0.841. The molecule has 196 valence electrons. The summed E-state index contributed by atoms with van der Waals surface area (Å²) in [5, 5.41) is 0. The number of carbonyl (C=O) groups is 3. The highest BCUT2D eigenvalue weighted by Crippen LogP contribution is 2.29. The third-order valence-electron chi connectivity index (χ3n) is 4.69. The summed E-state index contributed by atoms with van der Waals surface area (Å²) in [5.74, 6) is 0.0463. The first-order valence-corrected chi connectivity index (χ1v) is 13.2. The predicted molar refractivity (Wildman–Crippen MR) is 147 cm³/mol. The predicted octanol–water partition coefficient (Wildman–Crippen LogP) is 5.14. The standard InChI is InChI=1S/C23H35BrIN5O5/c1-22(2,3)34-19(31)26-18(29-13-27(7)20(32)28(8)14-29)30(21(33)35-23(4,5)6)12-15-9-10-16(24)17(25)11-15/h9,11,16H,10,12-14H2,1-8H3/b26-18+. The molecule has 0 bridgehead atoms. The van der Waals surface area contributed by atoms with Crippen molar-refractivity contribution >= 4 is 62.7 Å². The van der Waals surface area contributed by atoms with E-state index < -0.39 is 23.4 Å². The van der Waals surface area contributed by atoms with E-state index in [-0.39, 0.29) is 36.7 Å². The van der Waals surface area contributed by atoms with Gasteiger partial charge in [-0.15, -0.1) is 4.99 Å². The van der Waals surface area contributed by atoms with Gasteiger partial charge in [0.15, 0.2) is 0 Å². The van der Waals surface area contributed by atoms with Crippen LogP contribution in [0.5, 0.6) is 0 Å². The van der Waals surface area contributed by atoms with Crippen molar-refractivity contribution in [3.05, 3.63) is 21.3 Å². The second-order valence-electron chi connectivity index (χ2n) is 10.5. The van der Waals surface area contributed by atoms with E-state index in [0.29, 0.717) is 0 Å². The zero-order chi connectivity index (χ0) is 26.7. The smallest absolute Gasteiger partial charge is 0.437 e. The monoisotopic (exact) mass is 667 g/mol. The maximum absolute atomic E-state index is 13.4. The van der Waals surface area contributed by atoms with Crippen LogP contribution in [0.4, 0.5) is 14.4 Å². The fourth-order valence-corrected chi connectivity index (χ4v) is 4.26. The quantitative estimate of drug-likeness (QED) is 0.175. The van der Waals surface area contributed by atoms with Gasteiger partial charge >= 0.3 is 18.2 Å². The van der Waals surface area contributed by atoms with Crippen LogP contribution < -0.4 is 0 Å². The lowest BCUT2D eigenvalue weighted by atomic mass is 10.1. The largest absolute Gasteiger partial charge is 0.443 e. The third kappa shape index (κ3) is 8.96. The Labute approximate surface area is 229 Å². The number of halogens is 2. The van der Waals surface area contributed by atoms with E-state index in [1.54, 1.807) is 60.5 Å². The van der Waals surface area contributed by atoms with Gasteiger partial charge in [0, 0.05) is 22.5 Å². The minimum Gasteiger partial charge on any atom is -0.443 e. The normalized spacial score (nSPS) is 19.8. The summed E-state index contributed by atoms with van der Waals surface area (Å²) in [7, 11) is 3.28. The summed E-state index contributed by atoms with van der Waals surface area (Å²) in [5.41, 5.74) is -0.671. The van der Waals surface area contributed by atoms with Crippen molar-refractivity contribution < 1.29 is 23.9 Å². The van der Waals surface area contributed by atoms with Gasteiger partial charge < -0.3 is 24.2 Å². The number of amides is 4. The van der Waals surface area contributed by atoms with Crippen molar-refractivity contribution in [3.8, 4) is 0 Å². The van der Waals surface area contributed by atoms with Gasteiger partial charge in [0.05, 0.1) is 19.9 Å². The molecule has 4 amide bonds. The van der Waals surface area contributed by atoms with Crippen LogP contribution in [0.1, 0.15) is 48.0 Å². The second kappa shape index (κ2) is 11.5. The molecule has 0 spiro atoms. The van der Waals surface area contributed by atoms with Crippen molar-refractivity contribution in [1.29, 1.82) is 0 Å². The first-order chi connectivity index (χ1) is 16.0. The summed E-state index contributed by atoms with van der Waals surface area (Å²) >= 11 is 5.89. The molecule has 0 radical (unpaired) electrons. The van der Waals surface area contributed by atoms with Gasteiger partial charge in [-0.05, 0) is 82.2 Å². The number of ether oxygens (including phenoxy) is 2. The molecule has 0 N–H and O–H groups in total. The van der Waals surface area contributed by atoms with Crippen LogP contribution in [0.3, 0.4) is 0 Å². The lowest BCUT2D eigenvalue weighted by Gasteiger charge is -2.42. The first kappa shape index (κ1) is 29.4. The SMILES string of the molecule is CN1CN(/C(=N\C(=O)OC(C)(C)C)N(CC2=CCC(Br)C(I)=C2)C(=O)OC(C)(C)C)CN(C)C1=O. The van der Waals surface area contributed by atoms with Crippen LogP contribution in [-0.2, 0) is 9.47 Å². The lowest BCUT2D eigenvalue weighted by molar-refractivity contribution is 0.0326. The summed E-state index contributed by atoms with van der Waals surface area (Å²) in [4.78, 5) is 49.0. The van der Waals surface area contributed by atoms with Crippen LogP contribution in [-0.4, -0.2) is 93.8 Å². The number of aliphatic imine (C=N–C) groups is 1. The number of guanidine groups is 1. The molecule has 2 rings (SSSR count). The summed E-state index contributed by atoms with van der Waals surface area (Å²) in [6, 6.07) is -0.183. The Morgan fingerprint density at radius 3 is 2.14 bits per heavy atom. The van der Waals surface area contributed by atoms with E-state index in [9.17, 15) is 14.4 Å². The molecule has 1 aliphatic carbocycles. The van der Waals surface area contributed by atoms with Crippen LogP contribution in [0.2, 0.25) is 0 Å². The number of hydrogen-bond acceptors (Lipinski definition) is 5. The maximum Gasteiger partial charge on any atom is 0.437 e. The maximum atomic E-state index is 13.4. The molecule has 1 heterocycles. The second-order valence-corrected chi connectivity index (χ2v) is 12.8. The molecular formula is C23H35BrIN5O5. The molecule has 1 aliphatic heterocycles. The van der Waals surface area contributed by atoms with E-state index in [0.717, 1.165) is 15.6 Å². The molecule has 35 heavy (non-hydrogen) atoms. The van der Waals surface area contributed by atoms with Crippen molar-refractivity contribution in [3.63, 3.8) is 0 Å². The van der Waals surface area contributed by atoms with E-state index >= 15 is 0 Å². The highest BCUT2D eigenvalue weighted by Gasteiger charge is 2.35. The highest BCUT2D eigenvalue weighted by atomic mass is 127. The van der Waals surface area contributed by atoms with Gasteiger partial charge in [-0.3, -0.25) is 0 Å². The summed E-state index contributed by atoms with van der Waals surface area (Å²) < 4.78 is 12.2. The van der Waals surface area contributed by atoms with E-state index in [4.69, 9.17) is 9.47 Å². The van der Waals surface area contributed by atoms with E-state index in [1.807, 2.05) is 12.2 Å². The number of urea groups is 1. The number of alkyl halides is 1. The molecule has 0 saturated carbocycles. The molecule has 1 unspecified atom stereocenters. The minimum absolute atomic E-state index is 0.0463. The Bertz CT molecular complexity index is 924. The molecule has 12 heteroatoms. The number of nitrogens with zero attached hydrogens (tertiary/aromatic N) is 5. The number of allylic oxidation sites excluding steroid dienone is 2. The van der Waals surface area contributed by atoms with Crippen molar-refractivity contribution in [2.75, 3.05) is 34.0 Å². The van der Waals surface area contributed by atoms with Crippen molar-refractivity contribution in [1.82, 2.24) is 19.6 Å². The van der Waals surface area contributed by atoms with Crippen LogP contribution in [0.15, 0.2) is 26.3 Å². The fraction of sp³-hybridized carbons (Fsp3) is 0.652. The van der Waals surface area contributed by atoms with Crippen molar-refractivity contribution in [2.45, 2.75) is 64.0 Å². The Hall–Kier alpha value is -1.83. The lowest BCUT2D eigenvalue weighted by Crippen LogP contribution is -2.61. The fourth-order valence-electron chi connectivity index (χ4n) is 3.28. The molecule has 0 aromatic carbocycles. The first-order valence-electron chi connectivity index (χ1n) is 11.2. The molecule has 1 saturated heterocycles. The van der Waals surface area contributed by atoms with Gasteiger partial charge in [0.2, 0.25) is 5.96 Å². The summed E-state index contributed by atoms with van der Waals surface area (Å²) in [6.45, 7) is 10.9. The average Bonchev–Trinajstić information content (AvgIpc) is 2.68. The highest BCUT2D eigenvalue weighted by molar-refractivity contribution is 14.1. The number of rotatable bonds is 2.